The number of aromatic nitrogens is 1. The van der Waals surface area contributed by atoms with Crippen molar-refractivity contribution < 1.29 is 14.0 Å². The number of nitrogens with zero attached hydrogens (tertiary/aromatic N) is 3. The van der Waals surface area contributed by atoms with Gasteiger partial charge in [-0.2, -0.15) is 0 Å². The molecule has 1 aromatic rings. The van der Waals surface area contributed by atoms with E-state index in [-0.39, 0.29) is 29.1 Å². The van der Waals surface area contributed by atoms with Crippen LogP contribution in [0.2, 0.25) is 0 Å². The van der Waals surface area contributed by atoms with Gasteiger partial charge in [-0.25, -0.2) is 4.39 Å². The number of pyridine rings is 1. The average molecular weight is 458 g/mol. The van der Waals surface area contributed by atoms with Gasteiger partial charge in [-0.3, -0.25) is 19.5 Å². The van der Waals surface area contributed by atoms with E-state index in [1.165, 1.54) is 12.3 Å². The van der Waals surface area contributed by atoms with Gasteiger partial charge in [-0.15, -0.1) is 0 Å². The summed E-state index contributed by atoms with van der Waals surface area (Å²) in [6.45, 7) is 7.07. The molecule has 2 heterocycles. The first-order chi connectivity index (χ1) is 15.7. The van der Waals surface area contributed by atoms with Crippen LogP contribution in [-0.4, -0.2) is 59.5 Å². The van der Waals surface area contributed by atoms with Crippen LogP contribution in [0.4, 0.5) is 10.1 Å². The molecule has 2 amide bonds. The molecular formula is C25H36FN5O2. The Kier molecular flexibility index (Phi) is 5.62. The third-order valence-corrected chi connectivity index (χ3v) is 8.99. The summed E-state index contributed by atoms with van der Waals surface area (Å²) in [4.78, 5) is 34.2. The molecule has 5 fully saturated rings. The lowest BCUT2D eigenvalue weighted by atomic mass is 9.47. The van der Waals surface area contributed by atoms with Crippen LogP contribution in [0.5, 0.6) is 0 Å². The molecule has 4 aliphatic carbocycles. The maximum Gasteiger partial charge on any atom is 0.240 e. The zero-order valence-corrected chi connectivity index (χ0v) is 19.7. The highest BCUT2D eigenvalue weighted by molar-refractivity contribution is 5.86. The molecule has 33 heavy (non-hydrogen) atoms. The summed E-state index contributed by atoms with van der Waals surface area (Å²) in [5.41, 5.74) is 5.62. The molecule has 4 saturated carbocycles. The summed E-state index contributed by atoms with van der Waals surface area (Å²) in [6.07, 6.45) is 8.58. The van der Waals surface area contributed by atoms with Crippen LogP contribution in [0, 0.1) is 29.0 Å². The van der Waals surface area contributed by atoms with Gasteiger partial charge in [0.15, 0.2) is 0 Å². The first-order valence-corrected chi connectivity index (χ1v) is 12.4. The average Bonchev–Trinajstić information content (AvgIpc) is 3.02. The van der Waals surface area contributed by atoms with Crippen molar-refractivity contribution in [2.24, 2.45) is 28.9 Å². The fourth-order valence-electron chi connectivity index (χ4n) is 7.34. The van der Waals surface area contributed by atoms with Crippen LogP contribution in [0.3, 0.4) is 0 Å². The third kappa shape index (κ3) is 4.00. The first kappa shape index (κ1) is 22.6. The van der Waals surface area contributed by atoms with Gasteiger partial charge in [0.2, 0.25) is 11.8 Å². The Labute approximate surface area is 195 Å². The zero-order chi connectivity index (χ0) is 23.4. The molecule has 5 aliphatic rings. The van der Waals surface area contributed by atoms with Crippen molar-refractivity contribution >= 4 is 17.5 Å². The molecule has 180 valence electrons. The van der Waals surface area contributed by atoms with Crippen molar-refractivity contribution in [3.05, 3.63) is 24.3 Å². The molecule has 0 radical (unpaired) electrons. The topological polar surface area (TPSA) is 91.6 Å². The molecule has 7 nitrogen and oxygen atoms in total. The number of nitrogens with one attached hydrogen (secondary N) is 1. The van der Waals surface area contributed by atoms with Crippen molar-refractivity contribution in [2.45, 2.75) is 64.0 Å². The van der Waals surface area contributed by atoms with Crippen LogP contribution in [-0.2, 0) is 9.59 Å². The lowest BCUT2D eigenvalue weighted by Crippen LogP contribution is -2.65. The van der Waals surface area contributed by atoms with Crippen molar-refractivity contribution in [2.75, 3.05) is 31.1 Å². The number of anilines is 1. The lowest BCUT2D eigenvalue weighted by molar-refractivity contribution is -0.149. The Morgan fingerprint density at radius 1 is 1.12 bits per heavy atom. The Morgan fingerprint density at radius 2 is 1.85 bits per heavy atom. The Morgan fingerprint density at radius 3 is 2.52 bits per heavy atom. The van der Waals surface area contributed by atoms with Crippen LogP contribution in [0.1, 0.15) is 52.4 Å². The Hall–Kier alpha value is -2.22. The van der Waals surface area contributed by atoms with Crippen LogP contribution in [0.25, 0.3) is 0 Å². The van der Waals surface area contributed by atoms with E-state index in [0.717, 1.165) is 70.4 Å². The fourth-order valence-corrected chi connectivity index (χ4v) is 7.34. The van der Waals surface area contributed by atoms with Gasteiger partial charge in [0.05, 0.1) is 23.6 Å². The highest BCUT2D eigenvalue weighted by Crippen LogP contribution is 2.60. The van der Waals surface area contributed by atoms with E-state index in [2.05, 4.69) is 20.1 Å². The maximum absolute atomic E-state index is 13.6. The van der Waals surface area contributed by atoms with E-state index < -0.39 is 5.54 Å². The second kappa shape index (κ2) is 8.22. The standard InChI is InChI=1S/C25H36FN5O2/c1-24(2,31-5-3-4-30(6-7-31)20-10-19(26)14-28-15-20)23(33)29-21-17-8-16-9-18(21)13-25(11-16,12-17)22(27)32/h10,14-18,21H,3-9,11-13H2,1-2H3,(H2,27,32)(H,29,33)/t16?,17-,18+,21?,25?. The van der Waals surface area contributed by atoms with Crippen LogP contribution < -0.4 is 16.0 Å². The molecule has 5 atom stereocenters. The number of carbonyl (C=O) groups is 2. The van der Waals surface area contributed by atoms with Gasteiger partial charge in [-0.1, -0.05) is 0 Å². The summed E-state index contributed by atoms with van der Waals surface area (Å²) in [5, 5.41) is 3.42. The molecule has 6 rings (SSSR count). The van der Waals surface area contributed by atoms with Gasteiger partial charge in [-0.05, 0) is 70.1 Å². The van der Waals surface area contributed by atoms with Crippen molar-refractivity contribution in [1.82, 2.24) is 15.2 Å². The molecule has 3 unspecified atom stereocenters. The largest absolute Gasteiger partial charge is 0.369 e. The van der Waals surface area contributed by atoms with E-state index in [0.29, 0.717) is 17.8 Å². The normalized spacial score (nSPS) is 34.2. The lowest BCUT2D eigenvalue weighted by Gasteiger charge is -2.59. The minimum atomic E-state index is -0.647. The number of halogens is 1. The molecular weight excluding hydrogens is 421 g/mol. The van der Waals surface area contributed by atoms with Crippen molar-refractivity contribution in [3.63, 3.8) is 0 Å². The number of nitrogens with two attached hydrogens (primary N) is 1. The first-order valence-electron chi connectivity index (χ1n) is 12.4. The van der Waals surface area contributed by atoms with E-state index in [4.69, 9.17) is 5.73 Å². The summed E-state index contributed by atoms with van der Waals surface area (Å²) in [7, 11) is 0. The molecule has 3 N–H and O–H groups in total. The molecule has 1 aromatic heterocycles. The summed E-state index contributed by atoms with van der Waals surface area (Å²) < 4.78 is 13.6. The summed E-state index contributed by atoms with van der Waals surface area (Å²) >= 11 is 0. The fraction of sp³-hybridized carbons (Fsp3) is 0.720. The Balaban J connectivity index is 1.24. The minimum Gasteiger partial charge on any atom is -0.369 e. The summed E-state index contributed by atoms with van der Waals surface area (Å²) in [5.74, 6) is 0.864. The van der Waals surface area contributed by atoms with Gasteiger partial charge in [0.25, 0.3) is 0 Å². The highest BCUT2D eigenvalue weighted by atomic mass is 19.1. The molecule has 0 aromatic carbocycles. The van der Waals surface area contributed by atoms with E-state index in [9.17, 15) is 14.0 Å². The van der Waals surface area contributed by atoms with Crippen molar-refractivity contribution in [3.8, 4) is 0 Å². The number of amides is 2. The van der Waals surface area contributed by atoms with Gasteiger partial charge in [0, 0.05) is 43.7 Å². The highest BCUT2D eigenvalue weighted by Gasteiger charge is 2.58. The quantitative estimate of drug-likeness (QED) is 0.708. The van der Waals surface area contributed by atoms with Crippen LogP contribution in [0.15, 0.2) is 18.5 Å². The monoisotopic (exact) mass is 457 g/mol. The van der Waals surface area contributed by atoms with Crippen molar-refractivity contribution in [1.29, 1.82) is 0 Å². The molecule has 4 bridgehead atoms. The number of hydrogen-bond acceptors (Lipinski definition) is 5. The molecule has 1 saturated heterocycles. The maximum atomic E-state index is 13.6. The van der Waals surface area contributed by atoms with Gasteiger partial charge in [0.1, 0.15) is 5.82 Å². The second-order valence-electron chi connectivity index (χ2n) is 11.4. The van der Waals surface area contributed by atoms with Gasteiger partial charge < -0.3 is 16.0 Å². The van der Waals surface area contributed by atoms with E-state index >= 15 is 0 Å². The van der Waals surface area contributed by atoms with Crippen LogP contribution >= 0.6 is 0 Å². The number of rotatable bonds is 5. The zero-order valence-electron chi connectivity index (χ0n) is 19.7. The second-order valence-corrected chi connectivity index (χ2v) is 11.4. The number of primary amides is 1. The van der Waals surface area contributed by atoms with Gasteiger partial charge >= 0.3 is 0 Å². The minimum absolute atomic E-state index is 0.0639. The van der Waals surface area contributed by atoms with E-state index in [1.54, 1.807) is 6.20 Å². The predicted octanol–water partition coefficient (Wildman–Crippen LogP) is 2.31. The molecule has 0 spiro atoms. The molecule has 1 aliphatic heterocycles. The number of hydrogen-bond donors (Lipinski definition) is 2. The smallest absolute Gasteiger partial charge is 0.240 e. The molecule has 8 heteroatoms. The predicted molar refractivity (Wildman–Crippen MR) is 124 cm³/mol. The SMILES string of the molecule is CC(C)(C(=O)NC1[C@@H]2CC3C[C@H]1CC(C(N)=O)(C3)C2)N1CCCN(c2cncc(F)c2)CC1. The summed E-state index contributed by atoms with van der Waals surface area (Å²) in [6, 6.07) is 1.66. The third-order valence-electron chi connectivity index (χ3n) is 8.99. The van der Waals surface area contributed by atoms with E-state index in [1.807, 2.05) is 13.8 Å². The Bertz CT molecular complexity index is 921. The number of carbonyl (C=O) groups excluding carboxylic acids is 2.